The zero-order chi connectivity index (χ0) is 30.0. The van der Waals surface area contributed by atoms with Crippen LogP contribution in [-0.2, 0) is 17.8 Å². The Bertz CT molecular complexity index is 1630. The molecule has 11 nitrogen and oxygen atoms in total. The number of ether oxygens (including phenoxy) is 1. The van der Waals surface area contributed by atoms with Crippen LogP contribution in [0, 0.1) is 0 Å². The molecule has 4 aromatic rings. The summed E-state index contributed by atoms with van der Waals surface area (Å²) in [6.07, 6.45) is -0.143. The summed E-state index contributed by atoms with van der Waals surface area (Å²) in [6.45, 7) is 9.97. The van der Waals surface area contributed by atoms with Crippen molar-refractivity contribution in [3.63, 3.8) is 0 Å². The highest BCUT2D eigenvalue weighted by atomic mass is 16.6. The lowest BCUT2D eigenvalue weighted by Crippen LogP contribution is -2.49. The summed E-state index contributed by atoms with van der Waals surface area (Å²) < 4.78 is 9.68. The highest BCUT2D eigenvalue weighted by molar-refractivity contribution is 5.98. The number of hydrogen-bond donors (Lipinski definition) is 3. The first-order chi connectivity index (χ1) is 20.0. The Hall–Kier alpha value is -4.54. The molecule has 0 spiro atoms. The fraction of sp³-hybridized carbons (Fsp3) is 0.419. The van der Waals surface area contributed by atoms with Crippen molar-refractivity contribution >= 4 is 40.0 Å². The van der Waals surface area contributed by atoms with E-state index in [0.29, 0.717) is 43.7 Å². The van der Waals surface area contributed by atoms with Crippen LogP contribution in [0.2, 0.25) is 0 Å². The lowest BCUT2D eigenvalue weighted by atomic mass is 10.0. The van der Waals surface area contributed by atoms with Gasteiger partial charge in [0.05, 0.1) is 16.7 Å². The van der Waals surface area contributed by atoms with Crippen LogP contribution in [0.5, 0.6) is 0 Å². The van der Waals surface area contributed by atoms with Gasteiger partial charge in [0.2, 0.25) is 0 Å². The minimum atomic E-state index is -1.08. The van der Waals surface area contributed by atoms with Gasteiger partial charge in [-0.15, -0.1) is 0 Å². The molecule has 11 heteroatoms. The SMILES string of the molecule is CCn1c(-c2nc3cc(C(=O)N4CCC[C@@H](NC(=O)O)C4)ccc3n2CCNC(=O)OC(C)(C)C)cc2ccccc21. The van der Waals surface area contributed by atoms with E-state index in [9.17, 15) is 14.4 Å². The van der Waals surface area contributed by atoms with Crippen LogP contribution < -0.4 is 10.6 Å². The zero-order valence-electron chi connectivity index (χ0n) is 24.5. The van der Waals surface area contributed by atoms with Crippen LogP contribution in [0.4, 0.5) is 9.59 Å². The predicted octanol–water partition coefficient (Wildman–Crippen LogP) is 5.07. The number of piperidine rings is 1. The first kappa shape index (κ1) is 29.0. The van der Waals surface area contributed by atoms with Gasteiger partial charge >= 0.3 is 12.2 Å². The molecule has 1 aliphatic rings. The first-order valence-corrected chi connectivity index (χ1v) is 14.4. The number of imidazole rings is 1. The topological polar surface area (TPSA) is 131 Å². The molecular formula is C31H38N6O5. The second-order valence-electron chi connectivity index (χ2n) is 11.6. The highest BCUT2D eigenvalue weighted by Crippen LogP contribution is 2.31. The summed E-state index contributed by atoms with van der Waals surface area (Å²) in [5.41, 5.74) is 3.45. The Morgan fingerprint density at radius 2 is 1.86 bits per heavy atom. The van der Waals surface area contributed by atoms with Gasteiger partial charge in [0.25, 0.3) is 5.91 Å². The van der Waals surface area contributed by atoms with Crippen molar-refractivity contribution in [2.45, 2.75) is 65.3 Å². The summed E-state index contributed by atoms with van der Waals surface area (Å²) in [6, 6.07) is 15.5. The third-order valence-electron chi connectivity index (χ3n) is 7.39. The van der Waals surface area contributed by atoms with E-state index in [1.54, 1.807) is 17.0 Å². The van der Waals surface area contributed by atoms with Gasteiger partial charge < -0.3 is 34.5 Å². The molecule has 1 aliphatic heterocycles. The van der Waals surface area contributed by atoms with E-state index in [0.717, 1.165) is 40.9 Å². The van der Waals surface area contributed by atoms with E-state index < -0.39 is 17.8 Å². The predicted molar refractivity (Wildman–Crippen MR) is 161 cm³/mol. The van der Waals surface area contributed by atoms with E-state index >= 15 is 0 Å². The average molecular weight is 575 g/mol. The number of likely N-dealkylation sites (tertiary alicyclic amines) is 1. The summed E-state index contributed by atoms with van der Waals surface area (Å²) in [7, 11) is 0. The minimum absolute atomic E-state index is 0.154. The molecule has 5 rings (SSSR count). The van der Waals surface area contributed by atoms with Crippen LogP contribution in [0.25, 0.3) is 33.5 Å². The molecular weight excluding hydrogens is 536 g/mol. The summed E-state index contributed by atoms with van der Waals surface area (Å²) in [5, 5.41) is 15.6. The standard InChI is InChI=1S/C31H38N6O5/c1-5-36-24-11-7-6-9-20(24)18-26(36)27-34-23-17-21(28(38)35-15-8-10-22(19-35)33-29(39)40)12-13-25(23)37(27)16-14-32-30(41)42-31(2,3)4/h6-7,9,11-13,17-18,22,33H,5,8,10,14-16,19H2,1-4H3,(H,32,41)(H,39,40)/t22-/m1/s1. The Morgan fingerprint density at radius 3 is 2.60 bits per heavy atom. The number of hydrogen-bond acceptors (Lipinski definition) is 5. The maximum atomic E-state index is 13.5. The van der Waals surface area contributed by atoms with Gasteiger partial charge in [0, 0.05) is 55.2 Å². The summed E-state index contributed by atoms with van der Waals surface area (Å²) >= 11 is 0. The first-order valence-electron chi connectivity index (χ1n) is 14.4. The number of aryl methyl sites for hydroxylation is 1. The zero-order valence-corrected chi connectivity index (χ0v) is 24.5. The number of benzene rings is 2. The largest absolute Gasteiger partial charge is 0.465 e. The van der Waals surface area contributed by atoms with E-state index in [1.165, 1.54) is 0 Å². The van der Waals surface area contributed by atoms with Crippen LogP contribution in [0.15, 0.2) is 48.5 Å². The number of aromatic nitrogens is 3. The Kier molecular flexibility index (Phi) is 8.11. The van der Waals surface area contributed by atoms with E-state index in [4.69, 9.17) is 14.8 Å². The number of carbonyl (C=O) groups is 3. The number of nitrogens with one attached hydrogen (secondary N) is 2. The second kappa shape index (κ2) is 11.8. The third-order valence-corrected chi connectivity index (χ3v) is 7.39. The number of carboxylic acid groups (broad SMARTS) is 1. The van der Waals surface area contributed by atoms with Crippen molar-refractivity contribution < 1.29 is 24.2 Å². The normalized spacial score (nSPS) is 15.6. The molecule has 0 radical (unpaired) electrons. The number of nitrogens with zero attached hydrogens (tertiary/aromatic N) is 4. The monoisotopic (exact) mass is 574 g/mol. The molecule has 3 N–H and O–H groups in total. The molecule has 42 heavy (non-hydrogen) atoms. The maximum Gasteiger partial charge on any atom is 0.407 e. The Morgan fingerprint density at radius 1 is 1.07 bits per heavy atom. The Balaban J connectivity index is 1.49. The van der Waals surface area contributed by atoms with Crippen molar-refractivity contribution in [2.24, 2.45) is 0 Å². The molecule has 0 unspecified atom stereocenters. The number of alkyl carbamates (subject to hydrolysis) is 1. The number of fused-ring (bicyclic) bond motifs is 2. The molecule has 2 aromatic carbocycles. The molecule has 0 bridgehead atoms. The van der Waals surface area contributed by atoms with Gasteiger partial charge in [-0.3, -0.25) is 4.79 Å². The molecule has 3 heterocycles. The fourth-order valence-corrected chi connectivity index (χ4v) is 5.64. The molecule has 1 fully saturated rings. The number of para-hydroxylation sites is 1. The number of carbonyl (C=O) groups excluding carboxylic acids is 2. The lowest BCUT2D eigenvalue weighted by Gasteiger charge is -2.32. The highest BCUT2D eigenvalue weighted by Gasteiger charge is 2.26. The van der Waals surface area contributed by atoms with E-state index in [1.807, 2.05) is 39.0 Å². The molecule has 3 amide bonds. The minimum Gasteiger partial charge on any atom is -0.465 e. The van der Waals surface area contributed by atoms with Crippen LogP contribution >= 0.6 is 0 Å². The fourth-order valence-electron chi connectivity index (χ4n) is 5.64. The Labute approximate surface area is 244 Å². The van der Waals surface area contributed by atoms with Crippen LogP contribution in [-0.4, -0.2) is 73.5 Å². The third kappa shape index (κ3) is 6.19. The summed E-state index contributed by atoms with van der Waals surface area (Å²) in [5.74, 6) is 0.585. The van der Waals surface area contributed by atoms with Gasteiger partial charge in [-0.25, -0.2) is 14.6 Å². The smallest absolute Gasteiger partial charge is 0.407 e. The van der Waals surface area contributed by atoms with E-state index in [2.05, 4.69) is 44.9 Å². The molecule has 0 saturated carbocycles. The molecule has 2 aromatic heterocycles. The molecule has 0 aliphatic carbocycles. The van der Waals surface area contributed by atoms with Gasteiger partial charge in [-0.1, -0.05) is 18.2 Å². The number of amides is 3. The van der Waals surface area contributed by atoms with Crippen LogP contribution in [0.3, 0.4) is 0 Å². The molecule has 1 atom stereocenters. The van der Waals surface area contributed by atoms with Crippen molar-refractivity contribution in [3.05, 3.63) is 54.1 Å². The lowest BCUT2D eigenvalue weighted by molar-refractivity contribution is 0.0525. The van der Waals surface area contributed by atoms with Gasteiger partial charge in [-0.2, -0.15) is 0 Å². The van der Waals surface area contributed by atoms with Crippen molar-refractivity contribution in [2.75, 3.05) is 19.6 Å². The van der Waals surface area contributed by atoms with Crippen molar-refractivity contribution in [1.29, 1.82) is 0 Å². The maximum absolute atomic E-state index is 13.5. The second-order valence-corrected chi connectivity index (χ2v) is 11.6. The van der Waals surface area contributed by atoms with Crippen LogP contribution in [0.1, 0.15) is 50.9 Å². The van der Waals surface area contributed by atoms with Gasteiger partial charge in [-0.05, 0) is 70.9 Å². The summed E-state index contributed by atoms with van der Waals surface area (Å²) in [4.78, 5) is 43.7. The number of rotatable bonds is 7. The molecule has 222 valence electrons. The van der Waals surface area contributed by atoms with Crippen molar-refractivity contribution in [1.82, 2.24) is 29.7 Å². The average Bonchev–Trinajstić information content (AvgIpc) is 3.49. The molecule has 1 saturated heterocycles. The quantitative estimate of drug-likeness (QED) is 0.282. The van der Waals surface area contributed by atoms with Gasteiger partial charge in [0.15, 0.2) is 5.82 Å². The van der Waals surface area contributed by atoms with Gasteiger partial charge in [0.1, 0.15) is 5.60 Å². The van der Waals surface area contributed by atoms with E-state index in [-0.39, 0.29) is 11.9 Å². The van der Waals surface area contributed by atoms with Crippen molar-refractivity contribution in [3.8, 4) is 11.5 Å².